The summed E-state index contributed by atoms with van der Waals surface area (Å²) in [6, 6.07) is 8.36. The van der Waals surface area contributed by atoms with E-state index in [1.807, 2.05) is 18.2 Å². The Morgan fingerprint density at radius 1 is 1.04 bits per heavy atom. The molecule has 1 saturated carbocycles. The van der Waals surface area contributed by atoms with E-state index in [0.717, 1.165) is 24.7 Å². The van der Waals surface area contributed by atoms with Gasteiger partial charge in [-0.2, -0.15) is 0 Å². The van der Waals surface area contributed by atoms with E-state index in [4.69, 9.17) is 21.1 Å². The molecule has 1 aliphatic carbocycles. The van der Waals surface area contributed by atoms with Crippen molar-refractivity contribution in [2.75, 3.05) is 13.2 Å². The molecule has 1 heterocycles. The van der Waals surface area contributed by atoms with E-state index < -0.39 is 0 Å². The quantitative estimate of drug-likeness (QED) is 0.466. The Kier molecular flexibility index (Phi) is 6.76. The van der Waals surface area contributed by atoms with Gasteiger partial charge in [-0.05, 0) is 68.6 Å². The molecule has 2 nitrogen and oxygen atoms in total. The van der Waals surface area contributed by atoms with Gasteiger partial charge in [-0.15, -0.1) is 6.58 Å². The van der Waals surface area contributed by atoms with Crippen LogP contribution in [0.15, 0.2) is 36.9 Å². The summed E-state index contributed by atoms with van der Waals surface area (Å²) in [5, 5.41) is 0.819. The van der Waals surface area contributed by atoms with E-state index in [1.54, 1.807) is 0 Å². The molecule has 1 saturated heterocycles. The van der Waals surface area contributed by atoms with Gasteiger partial charge in [-0.1, -0.05) is 29.8 Å². The fourth-order valence-corrected chi connectivity index (χ4v) is 4.13. The highest BCUT2D eigenvalue weighted by Gasteiger charge is 2.32. The summed E-state index contributed by atoms with van der Waals surface area (Å²) in [7, 11) is 0. The second-order valence-corrected chi connectivity index (χ2v) is 7.72. The summed E-state index contributed by atoms with van der Waals surface area (Å²) in [5.41, 5.74) is 1.42. The lowest BCUT2D eigenvalue weighted by Gasteiger charge is -2.37. The highest BCUT2D eigenvalue weighted by molar-refractivity contribution is 6.30. The lowest BCUT2D eigenvalue weighted by atomic mass is 9.78. The summed E-state index contributed by atoms with van der Waals surface area (Å²) < 4.78 is 12.1. The predicted molar refractivity (Wildman–Crippen MR) is 99.4 cm³/mol. The van der Waals surface area contributed by atoms with Gasteiger partial charge in [0.1, 0.15) is 0 Å². The van der Waals surface area contributed by atoms with Crippen LogP contribution in [-0.2, 0) is 9.47 Å². The molecule has 1 aromatic carbocycles. The minimum Gasteiger partial charge on any atom is -0.352 e. The molecule has 24 heavy (non-hydrogen) atoms. The summed E-state index contributed by atoms with van der Waals surface area (Å²) in [6.45, 7) is 5.50. The first-order valence-corrected chi connectivity index (χ1v) is 9.73. The predicted octanol–water partition coefficient (Wildman–Crippen LogP) is 5.96. The molecule has 2 fully saturated rings. The van der Waals surface area contributed by atoms with E-state index in [1.165, 1.54) is 44.1 Å². The largest absolute Gasteiger partial charge is 0.352 e. The lowest BCUT2D eigenvalue weighted by Crippen LogP contribution is -2.38. The van der Waals surface area contributed by atoms with Crippen molar-refractivity contribution in [1.29, 1.82) is 0 Å². The Morgan fingerprint density at radius 2 is 1.71 bits per heavy atom. The normalized spacial score (nSPS) is 30.9. The van der Waals surface area contributed by atoms with Crippen molar-refractivity contribution in [3.8, 4) is 0 Å². The maximum atomic E-state index is 6.05. The number of ether oxygens (including phenoxy) is 2. The average molecular weight is 349 g/mol. The van der Waals surface area contributed by atoms with Gasteiger partial charge < -0.3 is 9.47 Å². The lowest BCUT2D eigenvalue weighted by molar-refractivity contribution is -0.229. The molecule has 1 aliphatic heterocycles. The van der Waals surface area contributed by atoms with Gasteiger partial charge in [-0.3, -0.25) is 0 Å². The maximum Gasteiger partial charge on any atom is 0.160 e. The van der Waals surface area contributed by atoms with E-state index in [0.29, 0.717) is 17.8 Å². The minimum absolute atomic E-state index is 0.0202. The smallest absolute Gasteiger partial charge is 0.160 e. The van der Waals surface area contributed by atoms with Gasteiger partial charge in [-0.25, -0.2) is 0 Å². The average Bonchev–Trinajstić information content (AvgIpc) is 2.63. The van der Waals surface area contributed by atoms with E-state index in [-0.39, 0.29) is 6.29 Å². The number of hydrogen-bond donors (Lipinski definition) is 0. The third kappa shape index (κ3) is 4.84. The first kappa shape index (κ1) is 18.0. The van der Waals surface area contributed by atoms with Crippen LogP contribution in [0.4, 0.5) is 0 Å². The number of allylic oxidation sites excluding steroid dienone is 1. The fourth-order valence-electron chi connectivity index (χ4n) is 4.01. The molecule has 0 N–H and O–H groups in total. The van der Waals surface area contributed by atoms with Crippen molar-refractivity contribution in [1.82, 2.24) is 0 Å². The molecule has 132 valence electrons. The topological polar surface area (TPSA) is 18.5 Å². The molecular formula is C21H29ClO2. The molecule has 0 spiro atoms. The standard InChI is InChI=1S/C21H29ClO2/c1-2-3-4-5-16-14-23-21(24-15-16)19-8-6-17(7-9-19)18-10-12-20(22)13-11-18/h2,10-13,16-17,19,21H,1,3-9,14-15H2/t16-,17-,19-,21-. The number of hydrogen-bond acceptors (Lipinski definition) is 2. The van der Waals surface area contributed by atoms with Crippen LogP contribution in [-0.4, -0.2) is 19.5 Å². The highest BCUT2D eigenvalue weighted by Crippen LogP contribution is 2.39. The Bertz CT molecular complexity index is 497. The van der Waals surface area contributed by atoms with Crippen LogP contribution in [0.25, 0.3) is 0 Å². The number of rotatable bonds is 6. The van der Waals surface area contributed by atoms with Crippen LogP contribution in [0.1, 0.15) is 56.4 Å². The van der Waals surface area contributed by atoms with Crippen molar-refractivity contribution < 1.29 is 9.47 Å². The summed E-state index contributed by atoms with van der Waals surface area (Å²) in [4.78, 5) is 0. The molecule has 0 radical (unpaired) electrons. The van der Waals surface area contributed by atoms with E-state index >= 15 is 0 Å². The summed E-state index contributed by atoms with van der Waals surface area (Å²) in [6.07, 6.45) is 10.3. The summed E-state index contributed by atoms with van der Waals surface area (Å²) >= 11 is 5.99. The Labute approximate surface area is 151 Å². The second-order valence-electron chi connectivity index (χ2n) is 7.28. The molecule has 0 bridgehead atoms. The van der Waals surface area contributed by atoms with Crippen LogP contribution in [0.2, 0.25) is 5.02 Å². The highest BCUT2D eigenvalue weighted by atomic mass is 35.5. The molecule has 0 unspecified atom stereocenters. The van der Waals surface area contributed by atoms with Gasteiger partial charge >= 0.3 is 0 Å². The van der Waals surface area contributed by atoms with Gasteiger partial charge in [0.05, 0.1) is 13.2 Å². The Balaban J connectivity index is 1.41. The van der Waals surface area contributed by atoms with Gasteiger partial charge in [0.2, 0.25) is 0 Å². The van der Waals surface area contributed by atoms with Crippen molar-refractivity contribution in [3.05, 3.63) is 47.5 Å². The minimum atomic E-state index is 0.0202. The SMILES string of the molecule is C=CCCC[C@H]1CO[C@H]([C@H]2CC[C@H](c3ccc(Cl)cc3)CC2)OC1. The Hall–Kier alpha value is -0.830. The molecule has 0 aromatic heterocycles. The molecule has 3 rings (SSSR count). The van der Waals surface area contributed by atoms with Crippen molar-refractivity contribution in [2.45, 2.75) is 57.2 Å². The van der Waals surface area contributed by atoms with E-state index in [2.05, 4.69) is 18.7 Å². The number of halogens is 1. The monoisotopic (exact) mass is 348 g/mol. The van der Waals surface area contributed by atoms with Crippen LogP contribution >= 0.6 is 11.6 Å². The molecular weight excluding hydrogens is 320 g/mol. The third-order valence-electron chi connectivity index (χ3n) is 5.51. The molecule has 2 aliphatic rings. The molecule has 0 amide bonds. The molecule has 1 aromatic rings. The zero-order valence-corrected chi connectivity index (χ0v) is 15.2. The maximum absolute atomic E-state index is 6.05. The van der Waals surface area contributed by atoms with E-state index in [9.17, 15) is 0 Å². The van der Waals surface area contributed by atoms with Crippen LogP contribution in [0, 0.1) is 11.8 Å². The van der Waals surface area contributed by atoms with Crippen molar-refractivity contribution >= 4 is 11.6 Å². The third-order valence-corrected chi connectivity index (χ3v) is 5.76. The van der Waals surface area contributed by atoms with Gasteiger partial charge in [0.15, 0.2) is 6.29 Å². The zero-order chi connectivity index (χ0) is 16.8. The fraction of sp³-hybridized carbons (Fsp3) is 0.619. The molecule has 3 heteroatoms. The van der Waals surface area contributed by atoms with Crippen LogP contribution < -0.4 is 0 Å². The first-order valence-electron chi connectivity index (χ1n) is 9.36. The Morgan fingerprint density at radius 3 is 2.33 bits per heavy atom. The van der Waals surface area contributed by atoms with Crippen molar-refractivity contribution in [2.24, 2.45) is 11.8 Å². The molecule has 0 atom stereocenters. The van der Waals surface area contributed by atoms with Crippen LogP contribution in [0.3, 0.4) is 0 Å². The number of benzene rings is 1. The second kappa shape index (κ2) is 9.03. The van der Waals surface area contributed by atoms with Gasteiger partial charge in [0, 0.05) is 16.9 Å². The van der Waals surface area contributed by atoms with Crippen molar-refractivity contribution in [3.63, 3.8) is 0 Å². The summed E-state index contributed by atoms with van der Waals surface area (Å²) in [5.74, 6) is 1.78. The first-order chi connectivity index (χ1) is 11.8. The zero-order valence-electron chi connectivity index (χ0n) is 14.5. The van der Waals surface area contributed by atoms with Crippen LogP contribution in [0.5, 0.6) is 0 Å². The van der Waals surface area contributed by atoms with Gasteiger partial charge in [0.25, 0.3) is 0 Å². The number of unbranched alkanes of at least 4 members (excludes halogenated alkanes) is 1.